The fraction of sp³-hybridized carbons (Fsp3) is 0.462. The third-order valence-electron chi connectivity index (χ3n) is 5.17. The largest absolute Gasteiger partial charge is 0.488 e. The second-order valence-corrected chi connectivity index (χ2v) is 9.11. The fourth-order valence-electron chi connectivity index (χ4n) is 3.61. The van der Waals surface area contributed by atoms with E-state index >= 15 is 0 Å². The van der Waals surface area contributed by atoms with Crippen LogP contribution in [0.25, 0.3) is 0 Å². The van der Waals surface area contributed by atoms with Gasteiger partial charge < -0.3 is 20.3 Å². The number of rotatable bonds is 8. The van der Waals surface area contributed by atoms with Gasteiger partial charge >= 0.3 is 0 Å². The van der Waals surface area contributed by atoms with Crippen LogP contribution in [0, 0.1) is 0 Å². The lowest BCUT2D eigenvalue weighted by Gasteiger charge is -2.23. The van der Waals surface area contributed by atoms with Crippen LogP contribution >= 0.6 is 24.0 Å². The summed E-state index contributed by atoms with van der Waals surface area (Å²) < 4.78 is 6.09. The van der Waals surface area contributed by atoms with E-state index in [4.69, 9.17) is 9.73 Å². The highest BCUT2D eigenvalue weighted by Crippen LogP contribution is 2.22. The zero-order valence-electron chi connectivity index (χ0n) is 20.2. The molecule has 2 aromatic carbocycles. The molecule has 0 spiro atoms. The molecule has 0 atom stereocenters. The summed E-state index contributed by atoms with van der Waals surface area (Å²) in [7, 11) is 0. The van der Waals surface area contributed by atoms with Gasteiger partial charge in [0.05, 0.1) is 6.54 Å². The molecule has 3 rings (SSSR count). The molecule has 1 saturated heterocycles. The normalized spacial score (nSPS) is 14.1. The number of nitrogens with zero attached hydrogens (tertiary/aromatic N) is 2. The Morgan fingerprint density at radius 1 is 1.06 bits per heavy atom. The molecule has 2 aromatic rings. The van der Waals surface area contributed by atoms with E-state index in [-0.39, 0.29) is 35.5 Å². The molecule has 1 fully saturated rings. The molecule has 1 amide bonds. The van der Waals surface area contributed by atoms with Crippen molar-refractivity contribution in [2.24, 2.45) is 4.99 Å². The summed E-state index contributed by atoms with van der Waals surface area (Å²) >= 11 is 0. The maximum atomic E-state index is 11.8. The first kappa shape index (κ1) is 27.0. The zero-order chi connectivity index (χ0) is 23.0. The standard InChI is InChI=1S/C26H36N4O2.HI/c1-5-27-25(29-18-22-9-6-7-10-23(22)32-26(2,3)4)28-17-20-12-14-21(15-13-20)19-30-16-8-11-24(30)31;/h6-7,9-10,12-15H,5,8,11,16-19H2,1-4H3,(H2,27,28,29);1H. The number of carbonyl (C=O) groups excluding carboxylic acids is 1. The minimum Gasteiger partial charge on any atom is -0.488 e. The van der Waals surface area contributed by atoms with E-state index in [1.807, 2.05) is 23.1 Å². The fourth-order valence-corrected chi connectivity index (χ4v) is 3.61. The lowest BCUT2D eigenvalue weighted by atomic mass is 10.1. The Hall–Kier alpha value is -2.29. The average molecular weight is 565 g/mol. The number of hydrogen-bond donors (Lipinski definition) is 2. The monoisotopic (exact) mass is 564 g/mol. The number of amides is 1. The van der Waals surface area contributed by atoms with E-state index in [9.17, 15) is 4.79 Å². The minimum atomic E-state index is -0.247. The summed E-state index contributed by atoms with van der Waals surface area (Å²) in [4.78, 5) is 18.5. The highest BCUT2D eigenvalue weighted by atomic mass is 127. The highest BCUT2D eigenvalue weighted by Gasteiger charge is 2.19. The summed E-state index contributed by atoms with van der Waals surface area (Å²) in [6, 6.07) is 16.5. The molecule has 1 heterocycles. The first-order chi connectivity index (χ1) is 15.3. The zero-order valence-corrected chi connectivity index (χ0v) is 22.5. The number of guanidine groups is 1. The molecular weight excluding hydrogens is 527 g/mol. The molecule has 2 N–H and O–H groups in total. The summed E-state index contributed by atoms with van der Waals surface area (Å²) in [6.45, 7) is 11.8. The van der Waals surface area contributed by atoms with Gasteiger partial charge in [0.2, 0.25) is 5.91 Å². The lowest BCUT2D eigenvalue weighted by Crippen LogP contribution is -2.37. The van der Waals surface area contributed by atoms with Crippen LogP contribution in [0.2, 0.25) is 0 Å². The Labute approximate surface area is 215 Å². The van der Waals surface area contributed by atoms with Crippen molar-refractivity contribution in [2.45, 2.75) is 65.8 Å². The molecule has 0 aliphatic carbocycles. The number of hydrogen-bond acceptors (Lipinski definition) is 3. The number of benzene rings is 2. The van der Waals surface area contributed by atoms with Crippen molar-refractivity contribution in [2.75, 3.05) is 13.1 Å². The third kappa shape index (κ3) is 8.87. The van der Waals surface area contributed by atoms with Gasteiger partial charge in [-0.05, 0) is 51.3 Å². The maximum Gasteiger partial charge on any atom is 0.222 e. The van der Waals surface area contributed by atoms with Crippen molar-refractivity contribution in [3.8, 4) is 5.75 Å². The SMILES string of the molecule is CCNC(=NCc1ccc(CN2CCCC2=O)cc1)NCc1ccccc1OC(C)(C)C.I. The summed E-state index contributed by atoms with van der Waals surface area (Å²) in [5, 5.41) is 6.72. The van der Waals surface area contributed by atoms with Gasteiger partial charge in [-0.2, -0.15) is 0 Å². The van der Waals surface area contributed by atoms with Crippen molar-refractivity contribution in [1.82, 2.24) is 15.5 Å². The van der Waals surface area contributed by atoms with Gasteiger partial charge in [-0.25, -0.2) is 4.99 Å². The number of para-hydroxylation sites is 1. The molecule has 180 valence electrons. The van der Waals surface area contributed by atoms with E-state index < -0.39 is 0 Å². The molecule has 7 heteroatoms. The number of nitrogens with one attached hydrogen (secondary N) is 2. The molecule has 0 radical (unpaired) electrons. The van der Waals surface area contributed by atoms with E-state index in [1.165, 1.54) is 0 Å². The lowest BCUT2D eigenvalue weighted by molar-refractivity contribution is -0.128. The maximum absolute atomic E-state index is 11.8. The third-order valence-corrected chi connectivity index (χ3v) is 5.17. The van der Waals surface area contributed by atoms with Crippen LogP contribution < -0.4 is 15.4 Å². The molecular formula is C26H37IN4O2. The van der Waals surface area contributed by atoms with Crippen LogP contribution in [0.5, 0.6) is 5.75 Å². The van der Waals surface area contributed by atoms with Gasteiger partial charge in [0.25, 0.3) is 0 Å². The first-order valence-electron chi connectivity index (χ1n) is 11.5. The Bertz CT molecular complexity index is 923. The number of carbonyl (C=O) groups is 1. The number of aliphatic imine (C=N–C) groups is 1. The van der Waals surface area contributed by atoms with Crippen molar-refractivity contribution in [3.63, 3.8) is 0 Å². The molecule has 33 heavy (non-hydrogen) atoms. The van der Waals surface area contributed by atoms with Crippen LogP contribution in [0.3, 0.4) is 0 Å². The van der Waals surface area contributed by atoms with Crippen molar-refractivity contribution in [1.29, 1.82) is 0 Å². The van der Waals surface area contributed by atoms with Gasteiger partial charge in [0.1, 0.15) is 11.4 Å². The Balaban J connectivity index is 0.00000385. The quantitative estimate of drug-likeness (QED) is 0.273. The van der Waals surface area contributed by atoms with Gasteiger partial charge in [0.15, 0.2) is 5.96 Å². The number of ether oxygens (including phenoxy) is 1. The van der Waals surface area contributed by atoms with E-state index in [0.717, 1.165) is 47.9 Å². The number of likely N-dealkylation sites (tertiary alicyclic amines) is 1. The Morgan fingerprint density at radius 3 is 2.39 bits per heavy atom. The van der Waals surface area contributed by atoms with Crippen LogP contribution in [-0.4, -0.2) is 35.5 Å². The van der Waals surface area contributed by atoms with E-state index in [2.05, 4.69) is 68.7 Å². The van der Waals surface area contributed by atoms with Crippen molar-refractivity contribution >= 4 is 35.8 Å². The molecule has 6 nitrogen and oxygen atoms in total. The summed E-state index contributed by atoms with van der Waals surface area (Å²) in [6.07, 6.45) is 1.65. The smallest absolute Gasteiger partial charge is 0.222 e. The van der Waals surface area contributed by atoms with E-state index in [0.29, 0.717) is 26.1 Å². The number of halogens is 1. The molecule has 1 aliphatic heterocycles. The van der Waals surface area contributed by atoms with Crippen LogP contribution in [0.1, 0.15) is 57.2 Å². The predicted octanol–water partition coefficient (Wildman–Crippen LogP) is 4.86. The Morgan fingerprint density at radius 2 is 1.76 bits per heavy atom. The van der Waals surface area contributed by atoms with Gasteiger partial charge in [-0.15, -0.1) is 24.0 Å². The van der Waals surface area contributed by atoms with Crippen LogP contribution in [-0.2, 0) is 24.4 Å². The van der Waals surface area contributed by atoms with Crippen LogP contribution in [0.4, 0.5) is 0 Å². The minimum absolute atomic E-state index is 0. The molecule has 0 unspecified atom stereocenters. The van der Waals surface area contributed by atoms with Gasteiger partial charge in [-0.3, -0.25) is 4.79 Å². The van der Waals surface area contributed by atoms with Gasteiger partial charge in [0, 0.05) is 38.2 Å². The second-order valence-electron chi connectivity index (χ2n) is 9.11. The molecule has 0 saturated carbocycles. The van der Waals surface area contributed by atoms with Crippen LogP contribution in [0.15, 0.2) is 53.5 Å². The highest BCUT2D eigenvalue weighted by molar-refractivity contribution is 14.0. The molecule has 0 bridgehead atoms. The first-order valence-corrected chi connectivity index (χ1v) is 11.5. The summed E-state index contributed by atoms with van der Waals surface area (Å²) in [5.74, 6) is 1.91. The van der Waals surface area contributed by atoms with Gasteiger partial charge in [-0.1, -0.05) is 42.5 Å². The predicted molar refractivity (Wildman–Crippen MR) is 145 cm³/mol. The average Bonchev–Trinajstić information content (AvgIpc) is 3.15. The summed E-state index contributed by atoms with van der Waals surface area (Å²) in [5.41, 5.74) is 3.14. The molecule has 0 aromatic heterocycles. The van der Waals surface area contributed by atoms with Crippen molar-refractivity contribution in [3.05, 3.63) is 65.2 Å². The Kier molecular flexibility index (Phi) is 10.5. The molecule has 1 aliphatic rings. The van der Waals surface area contributed by atoms with Crippen molar-refractivity contribution < 1.29 is 9.53 Å². The topological polar surface area (TPSA) is 66.0 Å². The second kappa shape index (κ2) is 12.8. The van der Waals surface area contributed by atoms with E-state index in [1.54, 1.807) is 0 Å².